The normalized spacial score (nSPS) is 16.0. The van der Waals surface area contributed by atoms with E-state index in [-0.39, 0.29) is 29.9 Å². The number of halogens is 2. The number of methoxy groups -OCH3 is 1. The van der Waals surface area contributed by atoms with Crippen molar-refractivity contribution in [3.8, 4) is 5.75 Å². The van der Waals surface area contributed by atoms with Crippen LogP contribution in [0.15, 0.2) is 48.7 Å². The van der Waals surface area contributed by atoms with E-state index in [1.165, 1.54) is 17.5 Å². The van der Waals surface area contributed by atoms with Gasteiger partial charge in [-0.05, 0) is 55.4 Å². The molecule has 0 aliphatic carbocycles. The van der Waals surface area contributed by atoms with Crippen LogP contribution in [-0.4, -0.2) is 87.5 Å². The molecule has 2 aliphatic heterocycles. The molecule has 0 spiro atoms. The van der Waals surface area contributed by atoms with Crippen LogP contribution in [0.1, 0.15) is 19.3 Å². The number of rotatable bonds is 12. The van der Waals surface area contributed by atoms with Gasteiger partial charge < -0.3 is 25.4 Å². The first-order valence-electron chi connectivity index (χ1n) is 14.5. The smallest absolute Gasteiger partial charge is 0.317 e. The molecule has 0 bridgehead atoms. The number of para-hydroxylation sites is 2. The molecule has 3 N–H and O–H groups in total. The largest absolute Gasteiger partial charge is 0.494 e. The molecular formula is C30H39Cl2N7O5S. The van der Waals surface area contributed by atoms with Crippen molar-refractivity contribution in [1.82, 2.24) is 14.9 Å². The first kappa shape index (κ1) is 34.4. The van der Waals surface area contributed by atoms with Gasteiger partial charge in [-0.2, -0.15) is 4.98 Å². The lowest BCUT2D eigenvalue weighted by Gasteiger charge is -2.42. The Morgan fingerprint density at radius 3 is 2.49 bits per heavy atom. The monoisotopic (exact) mass is 679 g/mol. The molecule has 0 atom stereocenters. The topological polar surface area (TPSA) is 140 Å². The zero-order valence-corrected chi connectivity index (χ0v) is 27.8. The molecule has 0 saturated carbocycles. The number of nitrogens with one attached hydrogen (secondary N) is 2. The SMILES string of the molecule is COc1cc(N2CCC(CC3CN(CC(=O)O)C3)CC2)ccc1Nc1ncc(Cl)c(Nc2ccccc2N(C)S(C)(=O)=O)n1.Cl. The molecule has 15 heteroatoms. The Kier molecular flexibility index (Phi) is 11.2. The number of carboxylic acid groups (broad SMARTS) is 1. The Bertz CT molecular complexity index is 1600. The van der Waals surface area contributed by atoms with Crippen molar-refractivity contribution in [2.45, 2.75) is 19.3 Å². The highest BCUT2D eigenvalue weighted by Gasteiger charge is 2.31. The first-order chi connectivity index (χ1) is 21.0. The van der Waals surface area contributed by atoms with Crippen LogP contribution in [-0.2, 0) is 14.8 Å². The Hall–Kier alpha value is -3.52. The highest BCUT2D eigenvalue weighted by molar-refractivity contribution is 7.92. The third-order valence-electron chi connectivity index (χ3n) is 8.21. The van der Waals surface area contributed by atoms with Crippen LogP contribution >= 0.6 is 24.0 Å². The maximum atomic E-state index is 12.2. The maximum absolute atomic E-state index is 12.2. The summed E-state index contributed by atoms with van der Waals surface area (Å²) in [6.45, 7) is 3.83. The van der Waals surface area contributed by atoms with Crippen LogP contribution in [0.4, 0.5) is 34.5 Å². The molecule has 244 valence electrons. The van der Waals surface area contributed by atoms with E-state index in [9.17, 15) is 13.2 Å². The number of hydrogen-bond acceptors (Lipinski definition) is 10. The zero-order chi connectivity index (χ0) is 31.4. The third kappa shape index (κ3) is 8.60. The van der Waals surface area contributed by atoms with Gasteiger partial charge in [0.25, 0.3) is 0 Å². The highest BCUT2D eigenvalue weighted by Crippen LogP contribution is 2.36. The fraction of sp³-hybridized carbons (Fsp3) is 0.433. The number of ether oxygens (including phenoxy) is 1. The summed E-state index contributed by atoms with van der Waals surface area (Å²) in [5.74, 6) is 1.75. The molecule has 2 fully saturated rings. The number of nitrogens with zero attached hydrogens (tertiary/aromatic N) is 5. The van der Waals surface area contributed by atoms with E-state index in [0.717, 1.165) is 57.4 Å². The second kappa shape index (κ2) is 14.7. The molecular weight excluding hydrogens is 641 g/mol. The van der Waals surface area contributed by atoms with Gasteiger partial charge in [0.05, 0.1) is 43.2 Å². The van der Waals surface area contributed by atoms with Crippen molar-refractivity contribution in [2.24, 2.45) is 11.8 Å². The van der Waals surface area contributed by atoms with Gasteiger partial charge in [0, 0.05) is 45.0 Å². The van der Waals surface area contributed by atoms with Crippen LogP contribution in [0.3, 0.4) is 0 Å². The van der Waals surface area contributed by atoms with Gasteiger partial charge in [-0.1, -0.05) is 23.7 Å². The number of piperidine rings is 1. The summed E-state index contributed by atoms with van der Waals surface area (Å²) in [6, 6.07) is 13.0. The summed E-state index contributed by atoms with van der Waals surface area (Å²) >= 11 is 6.41. The minimum Gasteiger partial charge on any atom is -0.494 e. The van der Waals surface area contributed by atoms with Crippen LogP contribution in [0.25, 0.3) is 0 Å². The second-order valence-electron chi connectivity index (χ2n) is 11.4. The minimum atomic E-state index is -3.48. The number of sulfonamides is 1. The minimum absolute atomic E-state index is 0. The van der Waals surface area contributed by atoms with Crippen molar-refractivity contribution in [2.75, 3.05) is 73.0 Å². The van der Waals surface area contributed by atoms with E-state index in [2.05, 4.69) is 25.5 Å². The zero-order valence-electron chi connectivity index (χ0n) is 25.4. The van der Waals surface area contributed by atoms with E-state index in [4.69, 9.17) is 21.4 Å². The number of carbonyl (C=O) groups is 1. The van der Waals surface area contributed by atoms with Crippen molar-refractivity contribution >= 4 is 74.5 Å². The van der Waals surface area contributed by atoms with Crippen LogP contribution in [0.2, 0.25) is 5.02 Å². The number of likely N-dealkylation sites (tertiary alicyclic amines) is 1. The van der Waals surface area contributed by atoms with Crippen LogP contribution in [0.5, 0.6) is 5.75 Å². The summed E-state index contributed by atoms with van der Waals surface area (Å²) in [5, 5.41) is 15.6. The lowest BCUT2D eigenvalue weighted by molar-refractivity contribution is -0.140. The van der Waals surface area contributed by atoms with Gasteiger partial charge in [-0.3, -0.25) is 14.0 Å². The molecule has 0 amide bonds. The Labute approximate surface area is 275 Å². The molecule has 1 aromatic heterocycles. The molecule has 0 unspecified atom stereocenters. The average molecular weight is 681 g/mol. The van der Waals surface area contributed by atoms with E-state index >= 15 is 0 Å². The lowest BCUT2D eigenvalue weighted by atomic mass is 9.83. The number of hydrogen-bond donors (Lipinski definition) is 3. The van der Waals surface area contributed by atoms with Crippen molar-refractivity contribution in [1.29, 1.82) is 0 Å². The van der Waals surface area contributed by atoms with Crippen LogP contribution < -0.4 is 24.6 Å². The number of aliphatic carboxylic acids is 1. The quantitative estimate of drug-likeness (QED) is 0.236. The summed E-state index contributed by atoms with van der Waals surface area (Å²) in [6.07, 6.45) is 5.99. The number of anilines is 6. The fourth-order valence-corrected chi connectivity index (χ4v) is 6.47. The highest BCUT2D eigenvalue weighted by atomic mass is 35.5. The van der Waals surface area contributed by atoms with Crippen molar-refractivity contribution < 1.29 is 23.1 Å². The number of carboxylic acids is 1. The first-order valence-corrected chi connectivity index (χ1v) is 16.7. The van der Waals surface area contributed by atoms with Gasteiger partial charge in [0.1, 0.15) is 10.8 Å². The molecule has 2 aliphatic rings. The van der Waals surface area contributed by atoms with E-state index in [0.29, 0.717) is 40.5 Å². The predicted octanol–water partition coefficient (Wildman–Crippen LogP) is 5.07. The lowest BCUT2D eigenvalue weighted by Crippen LogP contribution is -2.49. The van der Waals surface area contributed by atoms with E-state index in [1.807, 2.05) is 23.1 Å². The molecule has 12 nitrogen and oxygen atoms in total. The maximum Gasteiger partial charge on any atom is 0.317 e. The third-order valence-corrected chi connectivity index (χ3v) is 9.68. The van der Waals surface area contributed by atoms with Crippen molar-refractivity contribution in [3.63, 3.8) is 0 Å². The average Bonchev–Trinajstić information content (AvgIpc) is 2.97. The molecule has 45 heavy (non-hydrogen) atoms. The van der Waals surface area contributed by atoms with Gasteiger partial charge in [-0.25, -0.2) is 13.4 Å². The van der Waals surface area contributed by atoms with Gasteiger partial charge in [0.2, 0.25) is 16.0 Å². The summed E-state index contributed by atoms with van der Waals surface area (Å²) in [5.41, 5.74) is 2.73. The Morgan fingerprint density at radius 1 is 1.11 bits per heavy atom. The molecule has 3 heterocycles. The van der Waals surface area contributed by atoms with Crippen molar-refractivity contribution in [3.05, 3.63) is 53.7 Å². The Balaban J connectivity index is 0.00000461. The van der Waals surface area contributed by atoms with E-state index in [1.54, 1.807) is 31.4 Å². The van der Waals surface area contributed by atoms with Gasteiger partial charge in [0.15, 0.2) is 5.82 Å². The summed E-state index contributed by atoms with van der Waals surface area (Å²) < 4.78 is 31.2. The molecule has 2 saturated heterocycles. The van der Waals surface area contributed by atoms with Gasteiger partial charge >= 0.3 is 5.97 Å². The number of aromatic nitrogens is 2. The van der Waals surface area contributed by atoms with Gasteiger partial charge in [-0.15, -0.1) is 12.4 Å². The summed E-state index contributed by atoms with van der Waals surface area (Å²) in [7, 11) is -0.379. The molecule has 0 radical (unpaired) electrons. The Morgan fingerprint density at radius 2 is 1.82 bits per heavy atom. The standard InChI is InChI=1S/C30H38ClN7O5S.ClH/c1-36(44(3,41)42)26-7-5-4-6-24(26)33-29-23(31)16-32-30(35-29)34-25-9-8-22(15-27(25)43-2)38-12-10-20(11-13-38)14-21-17-37(18-21)19-28(39)40;/h4-9,15-16,20-21H,10-14,17-19H2,1-3H3,(H,39,40)(H2,32,33,34,35);1H. The fourth-order valence-electron chi connectivity index (χ4n) is 5.82. The molecule has 2 aromatic carbocycles. The second-order valence-corrected chi connectivity index (χ2v) is 13.8. The molecule has 3 aromatic rings. The number of benzene rings is 2. The van der Waals surface area contributed by atoms with Crippen LogP contribution in [0, 0.1) is 11.8 Å². The summed E-state index contributed by atoms with van der Waals surface area (Å²) in [4.78, 5) is 24.1. The predicted molar refractivity (Wildman–Crippen MR) is 181 cm³/mol. The molecule has 5 rings (SSSR count). The van der Waals surface area contributed by atoms with E-state index < -0.39 is 16.0 Å².